The van der Waals surface area contributed by atoms with Crippen LogP contribution in [0, 0.1) is 11.7 Å². The van der Waals surface area contributed by atoms with Crippen molar-refractivity contribution in [2.45, 2.75) is 50.5 Å². The average Bonchev–Trinajstić information content (AvgIpc) is 3.28. The summed E-state index contributed by atoms with van der Waals surface area (Å²) < 4.78 is 26.6. The van der Waals surface area contributed by atoms with E-state index in [-0.39, 0.29) is 17.0 Å². The zero-order valence-electron chi connectivity index (χ0n) is 23.4. The number of fused-ring (bicyclic) bond motifs is 1. The number of rotatable bonds is 8. The van der Waals surface area contributed by atoms with Gasteiger partial charge >= 0.3 is 5.97 Å². The highest BCUT2D eigenvalue weighted by Gasteiger charge is 2.46. The van der Waals surface area contributed by atoms with E-state index in [0.29, 0.717) is 48.6 Å². The average molecular weight is 619 g/mol. The number of nitrogens with zero attached hydrogens (tertiary/aromatic N) is 1. The maximum absolute atomic E-state index is 15.6. The summed E-state index contributed by atoms with van der Waals surface area (Å²) in [6.07, 6.45) is 0.0663. The molecule has 3 aromatic rings. The van der Waals surface area contributed by atoms with Gasteiger partial charge in [-0.3, -0.25) is 9.59 Å². The number of halogens is 3. The Balaban J connectivity index is 0.000000507. The number of carboxylic acid groups (broad SMARTS) is 1. The van der Waals surface area contributed by atoms with Crippen molar-refractivity contribution in [2.75, 3.05) is 20.3 Å². The fourth-order valence-corrected chi connectivity index (χ4v) is 6.03. The number of carbonyl (C=O) groups is 2. The van der Waals surface area contributed by atoms with Crippen molar-refractivity contribution in [3.8, 4) is 0 Å². The van der Waals surface area contributed by atoms with Gasteiger partial charge in [0.05, 0.1) is 23.6 Å². The highest BCUT2D eigenvalue weighted by molar-refractivity contribution is 6.30. The van der Waals surface area contributed by atoms with Gasteiger partial charge in [-0.05, 0) is 72.7 Å². The maximum atomic E-state index is 15.6. The second-order valence-electron chi connectivity index (χ2n) is 10.3. The van der Waals surface area contributed by atoms with Gasteiger partial charge in [0, 0.05) is 35.9 Å². The maximum Gasteiger partial charge on any atom is 0.305 e. The Morgan fingerprint density at radius 2 is 1.71 bits per heavy atom. The summed E-state index contributed by atoms with van der Waals surface area (Å²) in [5.41, 5.74) is -0.361. The van der Waals surface area contributed by atoms with Crippen LogP contribution in [0.5, 0.6) is 0 Å². The molecule has 0 aromatic heterocycles. The van der Waals surface area contributed by atoms with Crippen molar-refractivity contribution in [1.82, 2.24) is 4.90 Å². The minimum Gasteiger partial charge on any atom is -0.481 e. The van der Waals surface area contributed by atoms with E-state index >= 15 is 4.39 Å². The summed E-state index contributed by atoms with van der Waals surface area (Å²) in [7, 11) is 1.34. The Bertz CT molecular complexity index is 1380. The van der Waals surface area contributed by atoms with E-state index < -0.39 is 42.0 Å². The molecule has 2 aliphatic rings. The van der Waals surface area contributed by atoms with Crippen molar-refractivity contribution in [3.05, 3.63) is 105 Å². The predicted octanol–water partition coefficient (Wildman–Crippen LogP) is 7.16. The van der Waals surface area contributed by atoms with Gasteiger partial charge in [-0.15, -0.1) is 0 Å². The molecule has 1 fully saturated rings. The fourth-order valence-electron chi connectivity index (χ4n) is 5.76. The van der Waals surface area contributed by atoms with Crippen LogP contribution in [0.25, 0.3) is 0 Å². The first-order valence-corrected chi connectivity index (χ1v) is 14.5. The van der Waals surface area contributed by atoms with E-state index in [4.69, 9.17) is 32.7 Å². The fraction of sp³-hybridized carbons (Fsp3) is 0.375. The van der Waals surface area contributed by atoms with E-state index in [1.54, 1.807) is 24.3 Å². The van der Waals surface area contributed by atoms with Gasteiger partial charge in [0.1, 0.15) is 5.82 Å². The second-order valence-corrected chi connectivity index (χ2v) is 11.2. The molecule has 1 amide bonds. The number of benzene rings is 3. The Kier molecular flexibility index (Phi) is 10.6. The molecule has 10 heteroatoms. The van der Waals surface area contributed by atoms with Gasteiger partial charge in [-0.25, -0.2) is 4.39 Å². The number of carbonyl (C=O) groups excluding carboxylic acids is 1. The Hall–Kier alpha value is -3.01. The number of amides is 1. The van der Waals surface area contributed by atoms with Crippen molar-refractivity contribution >= 4 is 35.1 Å². The van der Waals surface area contributed by atoms with E-state index in [9.17, 15) is 19.8 Å². The molecule has 5 rings (SSSR count). The molecule has 1 unspecified atom stereocenters. The van der Waals surface area contributed by atoms with Crippen molar-refractivity contribution < 1.29 is 33.7 Å². The molecule has 0 saturated carbocycles. The standard InChI is InChI=1S/C26H29ClFNO6.C6H5Cl/c1-3-26(33,16-8-10-35-11-9-16)17-12-19-23(20(28)13-17)25(34-2)29(24(19)32)21(14-22(30)31)15-4-6-18(27)7-5-15;7-6-4-2-1-3-5-6/h4-7,12-13,16,21,25,33H,3,8-11,14H2,1-2H3,(H,30,31);1-5H/t21?,25-,26+;/m1./s1. The highest BCUT2D eigenvalue weighted by atomic mass is 35.5. The molecule has 3 atom stereocenters. The Morgan fingerprint density at radius 1 is 1.10 bits per heavy atom. The lowest BCUT2D eigenvalue weighted by molar-refractivity contribution is -0.139. The molecule has 224 valence electrons. The number of hydrogen-bond acceptors (Lipinski definition) is 5. The number of ether oxygens (including phenoxy) is 2. The zero-order chi connectivity index (χ0) is 30.4. The third kappa shape index (κ3) is 6.79. The van der Waals surface area contributed by atoms with Crippen LogP contribution < -0.4 is 0 Å². The molecule has 0 aliphatic carbocycles. The predicted molar refractivity (Wildman–Crippen MR) is 158 cm³/mol. The van der Waals surface area contributed by atoms with Gasteiger partial charge in [0.2, 0.25) is 0 Å². The minimum atomic E-state index is -1.33. The highest BCUT2D eigenvalue weighted by Crippen LogP contribution is 2.46. The first-order valence-electron chi connectivity index (χ1n) is 13.8. The van der Waals surface area contributed by atoms with Crippen LogP contribution in [0.3, 0.4) is 0 Å². The van der Waals surface area contributed by atoms with Crippen LogP contribution in [0.2, 0.25) is 10.0 Å². The van der Waals surface area contributed by atoms with E-state index in [1.807, 2.05) is 37.3 Å². The third-order valence-electron chi connectivity index (χ3n) is 7.94. The minimum absolute atomic E-state index is 0.0380. The second kappa shape index (κ2) is 14.0. The number of methoxy groups -OCH3 is 1. The summed E-state index contributed by atoms with van der Waals surface area (Å²) >= 11 is 11.5. The largest absolute Gasteiger partial charge is 0.481 e. The summed E-state index contributed by atoms with van der Waals surface area (Å²) in [6, 6.07) is 17.8. The van der Waals surface area contributed by atoms with Crippen molar-refractivity contribution in [3.63, 3.8) is 0 Å². The van der Waals surface area contributed by atoms with Crippen molar-refractivity contribution in [2.24, 2.45) is 5.92 Å². The monoisotopic (exact) mass is 617 g/mol. The lowest BCUT2D eigenvalue weighted by Crippen LogP contribution is -2.38. The normalized spacial score (nSPS) is 19.0. The molecule has 0 radical (unpaired) electrons. The summed E-state index contributed by atoms with van der Waals surface area (Å²) in [4.78, 5) is 26.7. The molecule has 2 N–H and O–H groups in total. The molecule has 42 heavy (non-hydrogen) atoms. The summed E-state index contributed by atoms with van der Waals surface area (Å²) in [5.74, 6) is -2.49. The van der Waals surface area contributed by atoms with E-state index in [1.165, 1.54) is 24.1 Å². The topological polar surface area (TPSA) is 96.3 Å². The van der Waals surface area contributed by atoms with Crippen LogP contribution in [0.4, 0.5) is 4.39 Å². The molecule has 1 saturated heterocycles. The zero-order valence-corrected chi connectivity index (χ0v) is 24.9. The number of hydrogen-bond donors (Lipinski definition) is 2. The van der Waals surface area contributed by atoms with Crippen LogP contribution >= 0.6 is 23.2 Å². The molecule has 0 spiro atoms. The Morgan fingerprint density at radius 3 is 2.24 bits per heavy atom. The SMILES string of the molecule is CC[C@@](O)(c1cc(F)c2c(c1)C(=O)N(C(CC(=O)O)c1ccc(Cl)cc1)[C@@H]2OC)C1CCOCC1.Clc1ccccc1. The number of aliphatic hydroxyl groups is 1. The molecule has 3 aromatic carbocycles. The quantitative estimate of drug-likeness (QED) is 0.278. The van der Waals surface area contributed by atoms with Gasteiger partial charge in [0.15, 0.2) is 6.23 Å². The first kappa shape index (κ1) is 31.9. The van der Waals surface area contributed by atoms with Gasteiger partial charge < -0.3 is 24.6 Å². The van der Waals surface area contributed by atoms with Crippen LogP contribution in [-0.4, -0.2) is 47.3 Å². The Labute approximate surface area is 254 Å². The molecular formula is C32H34Cl2FNO6. The lowest BCUT2D eigenvalue weighted by atomic mass is 9.75. The molecular weight excluding hydrogens is 584 g/mol. The first-order chi connectivity index (χ1) is 20.1. The van der Waals surface area contributed by atoms with Crippen LogP contribution in [0.15, 0.2) is 66.7 Å². The van der Waals surface area contributed by atoms with E-state index in [2.05, 4.69) is 0 Å². The third-order valence-corrected chi connectivity index (χ3v) is 8.45. The van der Waals surface area contributed by atoms with Gasteiger partial charge in [-0.1, -0.05) is 60.5 Å². The summed E-state index contributed by atoms with van der Waals surface area (Å²) in [5, 5.41) is 22.4. The molecule has 0 bridgehead atoms. The van der Waals surface area contributed by atoms with Crippen LogP contribution in [-0.2, 0) is 19.9 Å². The van der Waals surface area contributed by atoms with Crippen molar-refractivity contribution in [1.29, 1.82) is 0 Å². The lowest BCUT2D eigenvalue weighted by Gasteiger charge is -2.38. The molecule has 2 heterocycles. The van der Waals surface area contributed by atoms with Gasteiger partial charge in [-0.2, -0.15) is 0 Å². The number of aliphatic carboxylic acids is 1. The summed E-state index contributed by atoms with van der Waals surface area (Å²) in [6.45, 7) is 2.85. The van der Waals surface area contributed by atoms with Gasteiger partial charge in [0.25, 0.3) is 5.91 Å². The van der Waals surface area contributed by atoms with E-state index in [0.717, 1.165) is 5.02 Å². The molecule has 7 nitrogen and oxygen atoms in total. The number of carboxylic acids is 1. The smallest absolute Gasteiger partial charge is 0.305 e. The van der Waals surface area contributed by atoms with Crippen LogP contribution in [0.1, 0.15) is 71.9 Å². The molecule has 2 aliphatic heterocycles.